The summed E-state index contributed by atoms with van der Waals surface area (Å²) >= 11 is 0. The third-order valence-electron chi connectivity index (χ3n) is 3.22. The van der Waals surface area contributed by atoms with Crippen molar-refractivity contribution in [3.05, 3.63) is 0 Å². The summed E-state index contributed by atoms with van der Waals surface area (Å²) in [5.74, 6) is 0. The standard InChI is InChI=1S/C10H20N2/c1-2-8-12(9-3-1)10-4-6-11-7-5-10/h10-11H,1-9H2/q+1. The fourth-order valence-electron chi connectivity index (χ4n) is 2.46. The molecule has 0 amide bonds. The Morgan fingerprint density at radius 2 is 1.58 bits per heavy atom. The monoisotopic (exact) mass is 168 g/mol. The number of nitrogens with one attached hydrogen (secondary N) is 1. The zero-order chi connectivity index (χ0) is 8.23. The number of likely N-dealkylation sites (tertiary alicyclic amines) is 1. The van der Waals surface area contributed by atoms with Gasteiger partial charge in [0.15, 0.2) is 0 Å². The van der Waals surface area contributed by atoms with Crippen molar-refractivity contribution in [2.45, 2.75) is 38.1 Å². The van der Waals surface area contributed by atoms with Gasteiger partial charge in [0.05, 0.1) is 0 Å². The Bertz CT molecular complexity index is 108. The van der Waals surface area contributed by atoms with E-state index >= 15 is 0 Å². The molecular weight excluding hydrogens is 148 g/mol. The molecule has 2 saturated heterocycles. The van der Waals surface area contributed by atoms with E-state index in [0.717, 1.165) is 6.04 Å². The predicted molar refractivity (Wildman–Crippen MR) is 51.6 cm³/mol. The minimum atomic E-state index is 0.909. The molecule has 1 N–H and O–H groups in total. The molecule has 2 heterocycles. The third kappa shape index (κ3) is 1.99. The smallest absolute Gasteiger partial charge is 0.135 e. The summed E-state index contributed by atoms with van der Waals surface area (Å²) < 4.78 is 0. The van der Waals surface area contributed by atoms with Crippen molar-refractivity contribution < 1.29 is 0 Å². The van der Waals surface area contributed by atoms with Crippen LogP contribution in [0.4, 0.5) is 0 Å². The number of piperidine rings is 2. The fraction of sp³-hybridized carbons (Fsp3) is 1.00. The van der Waals surface area contributed by atoms with Crippen LogP contribution in [0, 0.1) is 0 Å². The topological polar surface area (TPSA) is 17.9 Å². The number of hydrogen-bond acceptors (Lipinski definition) is 2. The van der Waals surface area contributed by atoms with Crippen molar-refractivity contribution in [2.24, 2.45) is 0 Å². The molecule has 12 heavy (non-hydrogen) atoms. The lowest BCUT2D eigenvalue weighted by molar-refractivity contribution is 0.231. The highest BCUT2D eigenvalue weighted by Gasteiger charge is 2.30. The van der Waals surface area contributed by atoms with Crippen LogP contribution in [0.5, 0.6) is 0 Å². The molecule has 0 aromatic rings. The first-order valence-electron chi connectivity index (χ1n) is 5.41. The molecule has 1 radical (unpaired) electrons. The van der Waals surface area contributed by atoms with Gasteiger partial charge in [-0.15, -0.1) is 0 Å². The van der Waals surface area contributed by atoms with Crippen LogP contribution in [0.3, 0.4) is 0 Å². The first kappa shape index (κ1) is 8.52. The van der Waals surface area contributed by atoms with Crippen LogP contribution in [0.1, 0.15) is 32.1 Å². The maximum Gasteiger partial charge on any atom is 0.135 e. The zero-order valence-electron chi connectivity index (χ0n) is 7.89. The van der Waals surface area contributed by atoms with Gasteiger partial charge in [0.2, 0.25) is 0 Å². The highest BCUT2D eigenvalue weighted by molar-refractivity contribution is 4.83. The Kier molecular flexibility index (Phi) is 3.01. The SMILES string of the molecule is C1CC[N+](C2CCNCC2)CC1. The van der Waals surface area contributed by atoms with E-state index in [1.165, 1.54) is 58.3 Å². The third-order valence-corrected chi connectivity index (χ3v) is 3.22. The van der Waals surface area contributed by atoms with E-state index in [1.54, 1.807) is 0 Å². The zero-order valence-corrected chi connectivity index (χ0v) is 7.89. The van der Waals surface area contributed by atoms with Crippen molar-refractivity contribution in [1.29, 1.82) is 0 Å². The Balaban J connectivity index is 1.80. The Morgan fingerprint density at radius 1 is 0.917 bits per heavy atom. The van der Waals surface area contributed by atoms with Crippen LogP contribution in [-0.4, -0.2) is 32.2 Å². The molecule has 0 aromatic heterocycles. The van der Waals surface area contributed by atoms with Gasteiger partial charge in [0, 0.05) is 38.8 Å². The summed E-state index contributed by atoms with van der Waals surface area (Å²) in [5, 5.41) is 3.43. The molecule has 0 spiro atoms. The van der Waals surface area contributed by atoms with E-state index in [9.17, 15) is 0 Å². The van der Waals surface area contributed by atoms with Crippen molar-refractivity contribution in [3.63, 3.8) is 0 Å². The molecular formula is C10H20N2+. The molecule has 2 heteroatoms. The van der Waals surface area contributed by atoms with Gasteiger partial charge in [-0.2, -0.15) is 4.90 Å². The maximum atomic E-state index is 3.43. The quantitative estimate of drug-likeness (QED) is 0.580. The largest absolute Gasteiger partial charge is 0.316 e. The molecule has 0 aromatic carbocycles. The molecule has 0 bridgehead atoms. The van der Waals surface area contributed by atoms with Crippen LogP contribution < -0.4 is 10.2 Å². The predicted octanol–water partition coefficient (Wildman–Crippen LogP) is 1.06. The minimum absolute atomic E-state index is 0.909. The van der Waals surface area contributed by atoms with Crippen molar-refractivity contribution in [3.8, 4) is 0 Å². The summed E-state index contributed by atoms with van der Waals surface area (Å²) in [6.07, 6.45) is 7.08. The molecule has 2 aliphatic rings. The fourth-order valence-corrected chi connectivity index (χ4v) is 2.46. The second kappa shape index (κ2) is 4.24. The van der Waals surface area contributed by atoms with E-state index in [4.69, 9.17) is 0 Å². The van der Waals surface area contributed by atoms with E-state index in [2.05, 4.69) is 10.2 Å². The molecule has 0 aliphatic carbocycles. The summed E-state index contributed by atoms with van der Waals surface area (Å²) in [7, 11) is 0. The first-order chi connectivity index (χ1) is 5.97. The van der Waals surface area contributed by atoms with Gasteiger partial charge in [-0.25, -0.2) is 0 Å². The molecule has 2 fully saturated rings. The summed E-state index contributed by atoms with van der Waals surface area (Å²) in [6.45, 7) is 5.21. The van der Waals surface area contributed by atoms with Gasteiger partial charge in [-0.1, -0.05) is 0 Å². The average Bonchev–Trinajstić information content (AvgIpc) is 2.21. The first-order valence-corrected chi connectivity index (χ1v) is 5.41. The van der Waals surface area contributed by atoms with Gasteiger partial charge in [0.25, 0.3) is 0 Å². The molecule has 0 atom stereocenters. The van der Waals surface area contributed by atoms with Gasteiger partial charge >= 0.3 is 0 Å². The average molecular weight is 168 g/mol. The van der Waals surface area contributed by atoms with Crippen molar-refractivity contribution in [1.82, 2.24) is 10.2 Å². The van der Waals surface area contributed by atoms with Crippen LogP contribution in [-0.2, 0) is 0 Å². The van der Waals surface area contributed by atoms with E-state index in [0.29, 0.717) is 0 Å². The van der Waals surface area contributed by atoms with Gasteiger partial charge in [-0.05, 0) is 6.42 Å². The molecule has 2 rings (SSSR count). The lowest BCUT2D eigenvalue weighted by atomic mass is 10.0. The minimum Gasteiger partial charge on any atom is -0.316 e. The molecule has 0 saturated carbocycles. The summed E-state index contributed by atoms with van der Waals surface area (Å²) in [6, 6.07) is 0.909. The maximum absolute atomic E-state index is 3.43. The second-order valence-corrected chi connectivity index (χ2v) is 4.08. The Morgan fingerprint density at radius 3 is 2.25 bits per heavy atom. The van der Waals surface area contributed by atoms with E-state index in [1.807, 2.05) is 0 Å². The number of hydrogen-bond donors (Lipinski definition) is 1. The molecule has 69 valence electrons. The van der Waals surface area contributed by atoms with E-state index in [-0.39, 0.29) is 0 Å². The second-order valence-electron chi connectivity index (χ2n) is 4.08. The highest BCUT2D eigenvalue weighted by atomic mass is 15.2. The van der Waals surface area contributed by atoms with Crippen LogP contribution in [0.25, 0.3) is 0 Å². The van der Waals surface area contributed by atoms with Crippen molar-refractivity contribution >= 4 is 0 Å². The van der Waals surface area contributed by atoms with Gasteiger partial charge in [-0.3, -0.25) is 0 Å². The van der Waals surface area contributed by atoms with E-state index < -0.39 is 0 Å². The molecule has 0 unspecified atom stereocenters. The van der Waals surface area contributed by atoms with Crippen LogP contribution in [0.15, 0.2) is 0 Å². The lowest BCUT2D eigenvalue weighted by Gasteiger charge is -2.28. The molecule has 2 aliphatic heterocycles. The normalized spacial score (nSPS) is 29.0. The number of rotatable bonds is 1. The van der Waals surface area contributed by atoms with Crippen LogP contribution >= 0.6 is 0 Å². The van der Waals surface area contributed by atoms with Crippen molar-refractivity contribution in [2.75, 3.05) is 26.2 Å². The number of nitrogens with zero attached hydrogens (tertiary/aromatic N) is 1. The van der Waals surface area contributed by atoms with Gasteiger partial charge in [0.1, 0.15) is 19.1 Å². The highest BCUT2D eigenvalue weighted by Crippen LogP contribution is 2.15. The van der Waals surface area contributed by atoms with Crippen LogP contribution in [0.2, 0.25) is 0 Å². The summed E-state index contributed by atoms with van der Waals surface area (Å²) in [4.78, 5) is 2.71. The molecule has 2 nitrogen and oxygen atoms in total. The Hall–Kier alpha value is -0.0800. The lowest BCUT2D eigenvalue weighted by Crippen LogP contribution is -2.49. The summed E-state index contributed by atoms with van der Waals surface area (Å²) in [5.41, 5.74) is 0. The Labute approximate surface area is 75.3 Å². The van der Waals surface area contributed by atoms with Gasteiger partial charge < -0.3 is 5.32 Å².